The molecule has 0 aliphatic carbocycles. The van der Waals surface area contributed by atoms with Crippen molar-refractivity contribution in [2.75, 3.05) is 5.43 Å². The summed E-state index contributed by atoms with van der Waals surface area (Å²) in [7, 11) is 0. The zero-order valence-corrected chi connectivity index (χ0v) is 14.2. The fraction of sp³-hybridized carbons (Fsp3) is 0.182. The SMILES string of the molecule is C/C(Cn1nc([N+](=O)[O-])c([N+](=O)[O-])[n+]1[O-])=N/Nc1ccc([N+](=O)[O-])cc1[N+](=O)[O-]. The monoisotopic (exact) mass is 411 g/mol. The van der Waals surface area contributed by atoms with Gasteiger partial charge in [-0.2, -0.15) is 5.10 Å². The van der Waals surface area contributed by atoms with Crippen molar-refractivity contribution in [3.8, 4) is 0 Å². The van der Waals surface area contributed by atoms with Crippen LogP contribution in [0.15, 0.2) is 23.3 Å². The summed E-state index contributed by atoms with van der Waals surface area (Å²) in [6, 6.07) is 2.73. The van der Waals surface area contributed by atoms with Gasteiger partial charge < -0.3 is 15.3 Å². The Morgan fingerprint density at radius 1 is 1.10 bits per heavy atom. The second kappa shape index (κ2) is 7.85. The molecule has 1 aromatic heterocycles. The van der Waals surface area contributed by atoms with Gasteiger partial charge in [-0.15, -0.1) is 0 Å². The molecule has 18 heteroatoms. The van der Waals surface area contributed by atoms with E-state index in [1.165, 1.54) is 6.92 Å². The molecule has 0 aliphatic rings. The summed E-state index contributed by atoms with van der Waals surface area (Å²) in [6.07, 6.45) is 0. The van der Waals surface area contributed by atoms with E-state index < -0.39 is 54.1 Å². The molecule has 152 valence electrons. The van der Waals surface area contributed by atoms with Gasteiger partial charge in [0, 0.05) is 10.9 Å². The molecule has 0 aliphatic heterocycles. The molecule has 1 N–H and O–H groups in total. The maximum Gasteiger partial charge on any atom is 0.641 e. The molecule has 0 amide bonds. The second-order valence-electron chi connectivity index (χ2n) is 5.24. The van der Waals surface area contributed by atoms with Crippen molar-refractivity contribution in [2.45, 2.75) is 13.5 Å². The van der Waals surface area contributed by atoms with E-state index in [0.717, 1.165) is 12.1 Å². The van der Waals surface area contributed by atoms with Gasteiger partial charge in [0.1, 0.15) is 15.7 Å². The highest BCUT2D eigenvalue weighted by Crippen LogP contribution is 2.29. The van der Waals surface area contributed by atoms with E-state index in [1.807, 2.05) is 0 Å². The van der Waals surface area contributed by atoms with Crippen LogP contribution in [-0.4, -0.2) is 35.3 Å². The predicted molar refractivity (Wildman–Crippen MR) is 91.0 cm³/mol. The van der Waals surface area contributed by atoms with E-state index in [1.54, 1.807) is 0 Å². The van der Waals surface area contributed by atoms with Crippen molar-refractivity contribution in [3.63, 3.8) is 0 Å². The van der Waals surface area contributed by atoms with Crippen molar-refractivity contribution in [3.05, 3.63) is 63.9 Å². The van der Waals surface area contributed by atoms with Crippen molar-refractivity contribution in [2.24, 2.45) is 5.10 Å². The fourth-order valence-electron chi connectivity index (χ4n) is 2.03. The number of hydrogen-bond acceptors (Lipinski definition) is 12. The lowest BCUT2D eigenvalue weighted by atomic mass is 10.2. The number of hydrazone groups is 1. The van der Waals surface area contributed by atoms with Crippen LogP contribution in [-0.2, 0) is 6.54 Å². The van der Waals surface area contributed by atoms with E-state index in [2.05, 4.69) is 15.6 Å². The Labute approximate surface area is 157 Å². The highest BCUT2D eigenvalue weighted by molar-refractivity contribution is 5.82. The van der Waals surface area contributed by atoms with Gasteiger partial charge in [0.15, 0.2) is 6.54 Å². The van der Waals surface area contributed by atoms with Gasteiger partial charge in [0.25, 0.3) is 5.69 Å². The van der Waals surface area contributed by atoms with Crippen LogP contribution in [0.3, 0.4) is 0 Å². The molecule has 1 aromatic carbocycles. The van der Waals surface area contributed by atoms with Gasteiger partial charge in [0.2, 0.25) is 0 Å². The summed E-state index contributed by atoms with van der Waals surface area (Å²) in [5.74, 6) is -2.65. The maximum absolute atomic E-state index is 11.8. The van der Waals surface area contributed by atoms with Gasteiger partial charge in [-0.1, -0.05) is 0 Å². The number of benzene rings is 1. The van der Waals surface area contributed by atoms with Crippen LogP contribution in [0, 0.1) is 45.7 Å². The smallest absolute Gasteiger partial charge is 0.588 e. The Morgan fingerprint density at radius 3 is 2.24 bits per heavy atom. The first-order chi connectivity index (χ1) is 13.5. The molecular weight excluding hydrogens is 402 g/mol. The largest absolute Gasteiger partial charge is 0.641 e. The van der Waals surface area contributed by atoms with Gasteiger partial charge in [-0.05, 0) is 17.9 Å². The Hall–Kier alpha value is -4.77. The fourth-order valence-corrected chi connectivity index (χ4v) is 2.03. The summed E-state index contributed by atoms with van der Waals surface area (Å²) in [4.78, 5) is 39.1. The summed E-state index contributed by atoms with van der Waals surface area (Å²) < 4.78 is 0. The summed E-state index contributed by atoms with van der Waals surface area (Å²) in [5, 5.41) is 62.1. The van der Waals surface area contributed by atoms with Crippen LogP contribution >= 0.6 is 0 Å². The van der Waals surface area contributed by atoms with Crippen LogP contribution in [0.4, 0.5) is 28.7 Å². The maximum atomic E-state index is 11.8. The highest BCUT2D eigenvalue weighted by atomic mass is 16.7. The molecule has 0 saturated heterocycles. The minimum atomic E-state index is -1.39. The lowest BCUT2D eigenvalue weighted by Gasteiger charge is -2.03. The van der Waals surface area contributed by atoms with Crippen molar-refractivity contribution in [1.29, 1.82) is 0 Å². The Kier molecular flexibility index (Phi) is 5.56. The minimum absolute atomic E-state index is 0.00505. The van der Waals surface area contributed by atoms with Crippen LogP contribution in [0.1, 0.15) is 6.92 Å². The van der Waals surface area contributed by atoms with Crippen molar-refractivity contribution >= 4 is 34.4 Å². The molecule has 0 spiro atoms. The van der Waals surface area contributed by atoms with Gasteiger partial charge in [-0.3, -0.25) is 35.8 Å². The van der Waals surface area contributed by atoms with Gasteiger partial charge >= 0.3 is 17.3 Å². The third-order valence-electron chi connectivity index (χ3n) is 3.27. The second-order valence-corrected chi connectivity index (χ2v) is 5.24. The number of aromatic nitrogens is 3. The molecule has 0 saturated carbocycles. The summed E-state index contributed by atoms with van der Waals surface area (Å²) >= 11 is 0. The molecule has 18 nitrogen and oxygen atoms in total. The zero-order chi connectivity index (χ0) is 21.9. The van der Waals surface area contributed by atoms with E-state index >= 15 is 0 Å². The van der Waals surface area contributed by atoms with Gasteiger partial charge in [0.05, 0.1) is 26.4 Å². The quantitative estimate of drug-likeness (QED) is 0.207. The molecular formula is C11H9N9O9. The molecule has 29 heavy (non-hydrogen) atoms. The highest BCUT2D eigenvalue weighted by Gasteiger charge is 2.44. The number of nitrogens with zero attached hydrogens (tertiary/aromatic N) is 8. The van der Waals surface area contributed by atoms with E-state index in [-0.39, 0.29) is 11.4 Å². The first kappa shape index (κ1) is 20.5. The van der Waals surface area contributed by atoms with Crippen LogP contribution in [0.5, 0.6) is 0 Å². The van der Waals surface area contributed by atoms with E-state index in [9.17, 15) is 45.7 Å². The average molecular weight is 411 g/mol. The Balaban J connectivity index is 2.29. The molecule has 2 aromatic rings. The first-order valence-corrected chi connectivity index (χ1v) is 7.24. The van der Waals surface area contributed by atoms with E-state index in [4.69, 9.17) is 0 Å². The number of nitrogens with one attached hydrogen (secondary N) is 1. The topological polar surface area (TPSA) is 242 Å². The average Bonchev–Trinajstić information content (AvgIpc) is 2.96. The molecule has 2 rings (SSSR count). The molecule has 0 bridgehead atoms. The van der Waals surface area contributed by atoms with Crippen LogP contribution < -0.4 is 10.3 Å². The lowest BCUT2D eigenvalue weighted by Crippen LogP contribution is -2.41. The molecule has 1 heterocycles. The minimum Gasteiger partial charge on any atom is -0.588 e. The predicted octanol–water partition coefficient (Wildman–Crippen LogP) is 0.637. The Bertz CT molecular complexity index is 1060. The molecule has 0 radical (unpaired) electrons. The number of rotatable bonds is 8. The first-order valence-electron chi connectivity index (χ1n) is 7.24. The lowest BCUT2D eigenvalue weighted by molar-refractivity contribution is -0.736. The molecule has 0 atom stereocenters. The zero-order valence-electron chi connectivity index (χ0n) is 14.2. The van der Waals surface area contributed by atoms with Crippen molar-refractivity contribution in [1.82, 2.24) is 9.90 Å². The number of non-ortho nitro benzene ring substituents is 1. The third kappa shape index (κ3) is 4.32. The van der Waals surface area contributed by atoms with Gasteiger partial charge in [-0.25, -0.2) is 0 Å². The Morgan fingerprint density at radius 2 is 1.76 bits per heavy atom. The summed E-state index contributed by atoms with van der Waals surface area (Å²) in [5.41, 5.74) is 0.876. The normalized spacial score (nSPS) is 11.1. The van der Waals surface area contributed by atoms with E-state index in [0.29, 0.717) is 10.9 Å². The number of nitro benzene ring substituents is 2. The number of hydrogen-bond donors (Lipinski definition) is 1. The third-order valence-corrected chi connectivity index (χ3v) is 3.27. The van der Waals surface area contributed by atoms with Crippen LogP contribution in [0.25, 0.3) is 0 Å². The number of nitro groups is 4. The standard InChI is InChI=1S/C11H9N9O9/c1-6(5-15-14-10(19(26)27)11(16(15)21)20(28)29)12-13-8-3-2-7(17(22)23)4-9(8)18(24)25/h2-4,13H,5H2,1H3/b12-6-. The summed E-state index contributed by atoms with van der Waals surface area (Å²) in [6.45, 7) is 0.759. The van der Waals surface area contributed by atoms with Crippen LogP contribution in [0.2, 0.25) is 0 Å². The molecule has 0 fully saturated rings. The van der Waals surface area contributed by atoms with Crippen molar-refractivity contribution < 1.29 is 24.5 Å². The number of anilines is 1. The molecule has 0 unspecified atom stereocenters.